The molecule has 1 aliphatic heterocycles. The number of aliphatic hydroxyl groups excluding tert-OH is 1. The highest BCUT2D eigenvalue weighted by Crippen LogP contribution is 2.36. The summed E-state index contributed by atoms with van der Waals surface area (Å²) in [4.78, 5) is 14.1. The topological polar surface area (TPSA) is 70.0 Å². The number of aliphatic hydroxyl groups is 1. The van der Waals surface area contributed by atoms with Gasteiger partial charge in [-0.25, -0.2) is 4.39 Å². The monoisotopic (exact) mass is 407 g/mol. The summed E-state index contributed by atoms with van der Waals surface area (Å²) in [5.74, 6) is -0.829. The van der Waals surface area contributed by atoms with E-state index in [9.17, 15) is 19.4 Å². The largest absolute Gasteiger partial charge is 0.497 e. The van der Waals surface area contributed by atoms with Gasteiger partial charge in [0.25, 0.3) is 0 Å². The van der Waals surface area contributed by atoms with Gasteiger partial charge in [-0.15, -0.1) is 0 Å². The van der Waals surface area contributed by atoms with Crippen LogP contribution in [0.3, 0.4) is 0 Å². The molecule has 7 heteroatoms. The SMILES string of the molecule is COc1cccc(C[C@@]2(C(=O)O)CN(Cc3cc(Cl)ccc3F)CC[C@H]2O)c1. The molecule has 2 aromatic carbocycles. The van der Waals surface area contributed by atoms with E-state index in [1.165, 1.54) is 12.1 Å². The molecule has 1 saturated heterocycles. The zero-order valence-electron chi connectivity index (χ0n) is 15.6. The molecule has 1 heterocycles. The number of ether oxygens (including phenoxy) is 1. The summed E-state index contributed by atoms with van der Waals surface area (Å²) < 4.78 is 19.3. The zero-order chi connectivity index (χ0) is 20.3. The summed E-state index contributed by atoms with van der Waals surface area (Å²) in [7, 11) is 1.54. The van der Waals surface area contributed by atoms with Crippen molar-refractivity contribution in [2.45, 2.75) is 25.5 Å². The third-order valence-corrected chi connectivity index (χ3v) is 5.58. The lowest BCUT2D eigenvalue weighted by Crippen LogP contribution is -2.56. The van der Waals surface area contributed by atoms with Crippen molar-refractivity contribution in [2.24, 2.45) is 5.41 Å². The fourth-order valence-corrected chi connectivity index (χ4v) is 4.01. The van der Waals surface area contributed by atoms with Gasteiger partial charge in [-0.2, -0.15) is 0 Å². The van der Waals surface area contributed by atoms with Gasteiger partial charge in [-0.3, -0.25) is 9.69 Å². The first-order chi connectivity index (χ1) is 13.3. The van der Waals surface area contributed by atoms with E-state index in [1.807, 2.05) is 11.0 Å². The van der Waals surface area contributed by atoms with E-state index in [0.29, 0.717) is 29.3 Å². The van der Waals surface area contributed by atoms with E-state index in [2.05, 4.69) is 0 Å². The molecule has 2 aromatic rings. The molecule has 150 valence electrons. The number of likely N-dealkylation sites (tertiary alicyclic amines) is 1. The third-order valence-electron chi connectivity index (χ3n) is 5.34. The first kappa shape index (κ1) is 20.6. The molecule has 1 aliphatic rings. The number of carbonyl (C=O) groups is 1. The third kappa shape index (κ3) is 4.29. The first-order valence-electron chi connectivity index (χ1n) is 9.05. The van der Waals surface area contributed by atoms with E-state index >= 15 is 0 Å². The van der Waals surface area contributed by atoms with Crippen molar-refractivity contribution in [3.05, 3.63) is 64.4 Å². The number of piperidine rings is 1. The molecule has 28 heavy (non-hydrogen) atoms. The molecule has 0 amide bonds. The number of nitrogens with zero attached hydrogens (tertiary/aromatic N) is 1. The van der Waals surface area contributed by atoms with Gasteiger partial charge in [0.15, 0.2) is 0 Å². The summed E-state index contributed by atoms with van der Waals surface area (Å²) >= 11 is 5.97. The van der Waals surface area contributed by atoms with Crippen molar-refractivity contribution < 1.29 is 24.1 Å². The summed E-state index contributed by atoms with van der Waals surface area (Å²) in [5, 5.41) is 21.1. The van der Waals surface area contributed by atoms with Crippen LogP contribution in [-0.4, -0.2) is 47.4 Å². The Morgan fingerprint density at radius 3 is 2.86 bits per heavy atom. The van der Waals surface area contributed by atoms with Gasteiger partial charge in [0, 0.05) is 30.2 Å². The van der Waals surface area contributed by atoms with Gasteiger partial charge in [0.2, 0.25) is 0 Å². The number of aliphatic carboxylic acids is 1. The average Bonchev–Trinajstić information content (AvgIpc) is 2.67. The second-order valence-electron chi connectivity index (χ2n) is 7.24. The molecule has 0 unspecified atom stereocenters. The normalized spacial score (nSPS) is 22.8. The Bertz CT molecular complexity index is 862. The lowest BCUT2D eigenvalue weighted by molar-refractivity contribution is -0.163. The van der Waals surface area contributed by atoms with Crippen LogP contribution < -0.4 is 4.74 Å². The highest BCUT2D eigenvalue weighted by atomic mass is 35.5. The van der Waals surface area contributed by atoms with Crippen molar-refractivity contribution in [1.29, 1.82) is 0 Å². The van der Waals surface area contributed by atoms with Crippen LogP contribution in [0.1, 0.15) is 17.5 Å². The number of hydrogen-bond donors (Lipinski definition) is 2. The second-order valence-corrected chi connectivity index (χ2v) is 7.68. The van der Waals surface area contributed by atoms with E-state index in [-0.39, 0.29) is 25.3 Å². The summed E-state index contributed by atoms with van der Waals surface area (Å²) in [6, 6.07) is 11.5. The Hall–Kier alpha value is -2.15. The Balaban J connectivity index is 1.86. The number of methoxy groups -OCH3 is 1. The number of hydrogen-bond acceptors (Lipinski definition) is 4. The van der Waals surface area contributed by atoms with Gasteiger partial charge in [-0.05, 0) is 48.7 Å². The fraction of sp³-hybridized carbons (Fsp3) is 0.381. The molecule has 3 rings (SSSR count). The predicted octanol–water partition coefficient (Wildman–Crippen LogP) is 3.37. The van der Waals surface area contributed by atoms with E-state index in [4.69, 9.17) is 16.3 Å². The van der Waals surface area contributed by atoms with E-state index in [1.54, 1.807) is 31.4 Å². The van der Waals surface area contributed by atoms with Crippen molar-refractivity contribution in [1.82, 2.24) is 4.90 Å². The molecule has 0 spiro atoms. The van der Waals surface area contributed by atoms with Crippen molar-refractivity contribution in [3.8, 4) is 5.75 Å². The average molecular weight is 408 g/mol. The van der Waals surface area contributed by atoms with Gasteiger partial charge in [-0.1, -0.05) is 23.7 Å². The minimum atomic E-state index is -1.39. The minimum Gasteiger partial charge on any atom is -0.497 e. The molecule has 2 N–H and O–H groups in total. The molecule has 0 aliphatic carbocycles. The zero-order valence-corrected chi connectivity index (χ0v) is 16.3. The number of rotatable bonds is 6. The second kappa shape index (κ2) is 8.47. The van der Waals surface area contributed by atoms with Crippen LogP contribution in [0.25, 0.3) is 0 Å². The van der Waals surface area contributed by atoms with Crippen molar-refractivity contribution >= 4 is 17.6 Å². The fourth-order valence-electron chi connectivity index (χ4n) is 3.81. The number of benzene rings is 2. The van der Waals surface area contributed by atoms with E-state index in [0.717, 1.165) is 5.56 Å². The van der Waals surface area contributed by atoms with Crippen molar-refractivity contribution in [2.75, 3.05) is 20.2 Å². The van der Waals surface area contributed by atoms with Crippen LogP contribution >= 0.6 is 11.6 Å². The van der Waals surface area contributed by atoms with Crippen LogP contribution in [0.15, 0.2) is 42.5 Å². The Morgan fingerprint density at radius 1 is 1.36 bits per heavy atom. The maximum Gasteiger partial charge on any atom is 0.313 e. The van der Waals surface area contributed by atoms with Crippen LogP contribution in [-0.2, 0) is 17.8 Å². The quantitative estimate of drug-likeness (QED) is 0.768. The maximum absolute atomic E-state index is 14.1. The number of halogens is 2. The van der Waals surface area contributed by atoms with Gasteiger partial charge in [0.05, 0.1) is 13.2 Å². The van der Waals surface area contributed by atoms with Crippen LogP contribution in [0.4, 0.5) is 4.39 Å². The minimum absolute atomic E-state index is 0.104. The molecule has 1 fully saturated rings. The smallest absolute Gasteiger partial charge is 0.313 e. The molecular formula is C21H23ClFNO4. The lowest BCUT2D eigenvalue weighted by Gasteiger charge is -2.43. The molecule has 5 nitrogen and oxygen atoms in total. The molecule has 0 saturated carbocycles. The Kier molecular flexibility index (Phi) is 6.23. The van der Waals surface area contributed by atoms with Gasteiger partial charge in [0.1, 0.15) is 17.0 Å². The first-order valence-corrected chi connectivity index (χ1v) is 9.42. The summed E-state index contributed by atoms with van der Waals surface area (Å²) in [6.45, 7) is 0.805. The molecule has 0 aromatic heterocycles. The molecule has 0 bridgehead atoms. The summed E-state index contributed by atoms with van der Waals surface area (Å²) in [6.07, 6.45) is -0.565. The highest BCUT2D eigenvalue weighted by Gasteiger charge is 2.49. The Labute approximate surface area is 168 Å². The van der Waals surface area contributed by atoms with E-state index < -0.39 is 17.5 Å². The molecular weight excluding hydrogens is 385 g/mol. The molecule has 0 radical (unpaired) electrons. The molecule has 2 atom stereocenters. The standard InChI is InChI=1S/C21H23ClFNO4/c1-28-17-4-2-3-14(9-17)11-21(20(26)27)13-24(8-7-19(21)25)12-15-10-16(22)5-6-18(15)23/h2-6,9-10,19,25H,7-8,11-13H2,1H3,(H,26,27)/t19-,21-/m1/s1. The van der Waals surface area contributed by atoms with Gasteiger partial charge >= 0.3 is 5.97 Å². The maximum atomic E-state index is 14.1. The predicted molar refractivity (Wildman–Crippen MR) is 104 cm³/mol. The lowest BCUT2D eigenvalue weighted by atomic mass is 9.72. The van der Waals surface area contributed by atoms with Crippen LogP contribution in [0.5, 0.6) is 5.75 Å². The number of carboxylic acid groups (broad SMARTS) is 1. The van der Waals surface area contributed by atoms with Crippen molar-refractivity contribution in [3.63, 3.8) is 0 Å². The van der Waals surface area contributed by atoms with Crippen LogP contribution in [0.2, 0.25) is 5.02 Å². The summed E-state index contributed by atoms with van der Waals surface area (Å²) in [5.41, 5.74) is -0.221. The number of carboxylic acids is 1. The van der Waals surface area contributed by atoms with Gasteiger partial charge < -0.3 is 14.9 Å². The highest BCUT2D eigenvalue weighted by molar-refractivity contribution is 6.30. The Morgan fingerprint density at radius 2 is 2.14 bits per heavy atom. The van der Waals surface area contributed by atoms with Crippen LogP contribution in [0, 0.1) is 11.2 Å².